The highest BCUT2D eigenvalue weighted by molar-refractivity contribution is 6.30. The molecule has 152 valence electrons. The summed E-state index contributed by atoms with van der Waals surface area (Å²) in [6, 6.07) is 20.1. The van der Waals surface area contributed by atoms with Gasteiger partial charge in [-0.15, -0.1) is 0 Å². The molecule has 1 atom stereocenters. The molecule has 0 aromatic heterocycles. The summed E-state index contributed by atoms with van der Waals surface area (Å²) in [5.74, 6) is -1.77. The van der Waals surface area contributed by atoms with E-state index in [1.807, 2.05) is 36.4 Å². The van der Waals surface area contributed by atoms with Crippen LogP contribution in [0.15, 0.2) is 66.7 Å². The van der Waals surface area contributed by atoms with E-state index in [0.717, 1.165) is 10.8 Å². The Morgan fingerprint density at radius 3 is 2.57 bits per heavy atom. The van der Waals surface area contributed by atoms with Crippen molar-refractivity contribution in [3.8, 4) is 0 Å². The van der Waals surface area contributed by atoms with Crippen LogP contribution in [0.1, 0.15) is 6.42 Å². The lowest BCUT2D eigenvalue weighted by atomic mass is 10.1. The zero-order chi connectivity index (χ0) is 21.1. The number of anilines is 2. The molecular weight excluding hydrogens is 404 g/mol. The number of nitrogens with one attached hydrogen (secondary N) is 1. The molecule has 2 amide bonds. The lowest BCUT2D eigenvalue weighted by Gasteiger charge is -2.16. The summed E-state index contributed by atoms with van der Waals surface area (Å²) in [4.78, 5) is 38.5. The molecule has 3 aromatic carbocycles. The first-order valence-corrected chi connectivity index (χ1v) is 9.89. The predicted molar refractivity (Wildman–Crippen MR) is 115 cm³/mol. The summed E-state index contributed by atoms with van der Waals surface area (Å²) in [6.07, 6.45) is 0.0480. The Kier molecular flexibility index (Phi) is 5.68. The molecule has 1 saturated heterocycles. The lowest BCUT2D eigenvalue weighted by Crippen LogP contribution is -2.28. The maximum Gasteiger partial charge on any atom is 0.311 e. The van der Waals surface area contributed by atoms with Gasteiger partial charge in [-0.25, -0.2) is 0 Å². The molecule has 0 aliphatic carbocycles. The Morgan fingerprint density at radius 2 is 1.77 bits per heavy atom. The molecule has 6 nitrogen and oxygen atoms in total. The number of rotatable bonds is 5. The van der Waals surface area contributed by atoms with E-state index in [0.29, 0.717) is 16.4 Å². The molecule has 7 heteroatoms. The second-order valence-corrected chi connectivity index (χ2v) is 7.50. The third kappa shape index (κ3) is 4.28. The van der Waals surface area contributed by atoms with Crippen molar-refractivity contribution in [2.75, 3.05) is 23.4 Å². The zero-order valence-electron chi connectivity index (χ0n) is 16.0. The van der Waals surface area contributed by atoms with Gasteiger partial charge in [0.25, 0.3) is 5.91 Å². The molecule has 30 heavy (non-hydrogen) atoms. The van der Waals surface area contributed by atoms with Crippen LogP contribution < -0.4 is 10.2 Å². The number of esters is 1. The molecule has 0 radical (unpaired) electrons. The number of nitrogens with zero attached hydrogens (tertiary/aromatic N) is 1. The normalized spacial score (nSPS) is 16.0. The maximum absolute atomic E-state index is 12.4. The maximum atomic E-state index is 12.4. The van der Waals surface area contributed by atoms with E-state index < -0.39 is 24.4 Å². The van der Waals surface area contributed by atoms with Crippen LogP contribution in [0.25, 0.3) is 10.8 Å². The van der Waals surface area contributed by atoms with E-state index in [9.17, 15) is 14.4 Å². The number of carbonyl (C=O) groups excluding carboxylic acids is 3. The molecule has 0 spiro atoms. The third-order valence-electron chi connectivity index (χ3n) is 5.01. The van der Waals surface area contributed by atoms with Crippen molar-refractivity contribution >= 4 is 51.5 Å². The monoisotopic (exact) mass is 422 g/mol. The summed E-state index contributed by atoms with van der Waals surface area (Å²) < 4.78 is 5.17. The Hall–Kier alpha value is -3.38. The third-order valence-corrected chi connectivity index (χ3v) is 5.26. The second kappa shape index (κ2) is 8.55. The number of carbonyl (C=O) groups is 3. The highest BCUT2D eigenvalue weighted by Crippen LogP contribution is 2.27. The van der Waals surface area contributed by atoms with Crippen molar-refractivity contribution in [2.24, 2.45) is 5.92 Å². The molecule has 1 fully saturated rings. The van der Waals surface area contributed by atoms with Crippen molar-refractivity contribution in [3.63, 3.8) is 0 Å². The van der Waals surface area contributed by atoms with Gasteiger partial charge >= 0.3 is 5.97 Å². The molecule has 0 saturated carbocycles. The van der Waals surface area contributed by atoms with Gasteiger partial charge in [0.1, 0.15) is 0 Å². The minimum atomic E-state index is -0.612. The first-order valence-electron chi connectivity index (χ1n) is 9.51. The fourth-order valence-electron chi connectivity index (χ4n) is 3.51. The first-order chi connectivity index (χ1) is 14.5. The van der Waals surface area contributed by atoms with Gasteiger partial charge in [0.05, 0.1) is 5.92 Å². The number of amides is 2. The van der Waals surface area contributed by atoms with Crippen molar-refractivity contribution in [1.82, 2.24) is 0 Å². The SMILES string of the molecule is O=C(COC(=O)[C@@H]1CC(=O)N(c2ccc(Cl)cc2)C1)Nc1cccc2ccccc12. The Bertz CT molecular complexity index is 1110. The van der Waals surface area contributed by atoms with E-state index in [1.54, 1.807) is 30.3 Å². The number of hydrogen-bond acceptors (Lipinski definition) is 4. The highest BCUT2D eigenvalue weighted by atomic mass is 35.5. The van der Waals surface area contributed by atoms with Crippen molar-refractivity contribution in [1.29, 1.82) is 0 Å². The molecule has 0 bridgehead atoms. The predicted octanol–water partition coefficient (Wildman–Crippen LogP) is 4.03. The first kappa shape index (κ1) is 19.9. The van der Waals surface area contributed by atoms with Gasteiger partial charge in [-0.1, -0.05) is 48.0 Å². The fourth-order valence-corrected chi connectivity index (χ4v) is 3.64. The molecule has 1 aliphatic rings. The van der Waals surface area contributed by atoms with Crippen LogP contribution in [-0.4, -0.2) is 30.9 Å². The lowest BCUT2D eigenvalue weighted by molar-refractivity contribution is -0.151. The smallest absolute Gasteiger partial charge is 0.311 e. The number of fused-ring (bicyclic) bond motifs is 1. The van der Waals surface area contributed by atoms with Gasteiger partial charge in [-0.05, 0) is 35.7 Å². The topological polar surface area (TPSA) is 75.7 Å². The molecular formula is C23H19ClN2O4. The molecule has 0 unspecified atom stereocenters. The number of halogens is 1. The average Bonchev–Trinajstić information content (AvgIpc) is 3.14. The second-order valence-electron chi connectivity index (χ2n) is 7.06. The quantitative estimate of drug-likeness (QED) is 0.630. The molecule has 1 aliphatic heterocycles. The van der Waals surface area contributed by atoms with Gasteiger partial charge in [0.2, 0.25) is 5.91 Å². The van der Waals surface area contributed by atoms with Crippen LogP contribution in [0.5, 0.6) is 0 Å². The molecule has 1 N–H and O–H groups in total. The van der Waals surface area contributed by atoms with Crippen LogP contribution in [0.2, 0.25) is 5.02 Å². The Morgan fingerprint density at radius 1 is 1.03 bits per heavy atom. The molecule has 3 aromatic rings. The van der Waals surface area contributed by atoms with Crippen LogP contribution >= 0.6 is 11.6 Å². The van der Waals surface area contributed by atoms with Crippen LogP contribution in [-0.2, 0) is 19.1 Å². The average molecular weight is 423 g/mol. The van der Waals surface area contributed by atoms with E-state index in [4.69, 9.17) is 16.3 Å². The van der Waals surface area contributed by atoms with Crippen molar-refractivity contribution in [3.05, 3.63) is 71.8 Å². The summed E-state index contributed by atoms with van der Waals surface area (Å²) in [6.45, 7) is -0.196. The Labute approximate surface area is 178 Å². The minimum absolute atomic E-state index is 0.0480. The minimum Gasteiger partial charge on any atom is -0.455 e. The van der Waals surface area contributed by atoms with Gasteiger partial charge in [-0.2, -0.15) is 0 Å². The van der Waals surface area contributed by atoms with Gasteiger partial charge < -0.3 is 15.0 Å². The van der Waals surface area contributed by atoms with E-state index in [-0.39, 0.29) is 18.9 Å². The summed E-state index contributed by atoms with van der Waals surface area (Å²) in [5, 5.41) is 5.24. The number of benzene rings is 3. The Balaban J connectivity index is 1.34. The van der Waals surface area contributed by atoms with Crippen LogP contribution in [0.4, 0.5) is 11.4 Å². The zero-order valence-corrected chi connectivity index (χ0v) is 16.8. The van der Waals surface area contributed by atoms with Gasteiger partial charge in [0, 0.05) is 34.7 Å². The molecule has 4 rings (SSSR count). The fraction of sp³-hybridized carbons (Fsp3) is 0.174. The van der Waals surface area contributed by atoms with E-state index in [1.165, 1.54) is 4.90 Å². The van der Waals surface area contributed by atoms with Crippen molar-refractivity contribution in [2.45, 2.75) is 6.42 Å². The van der Waals surface area contributed by atoms with E-state index >= 15 is 0 Å². The summed E-state index contributed by atoms with van der Waals surface area (Å²) in [7, 11) is 0. The summed E-state index contributed by atoms with van der Waals surface area (Å²) in [5.41, 5.74) is 1.33. The highest BCUT2D eigenvalue weighted by Gasteiger charge is 2.36. The van der Waals surface area contributed by atoms with Crippen LogP contribution in [0, 0.1) is 5.92 Å². The number of hydrogen-bond donors (Lipinski definition) is 1. The van der Waals surface area contributed by atoms with Crippen molar-refractivity contribution < 1.29 is 19.1 Å². The summed E-state index contributed by atoms with van der Waals surface area (Å²) >= 11 is 5.88. The largest absolute Gasteiger partial charge is 0.455 e. The number of ether oxygens (including phenoxy) is 1. The molecule has 1 heterocycles. The van der Waals surface area contributed by atoms with Crippen LogP contribution in [0.3, 0.4) is 0 Å². The van der Waals surface area contributed by atoms with Gasteiger partial charge in [-0.3, -0.25) is 14.4 Å². The van der Waals surface area contributed by atoms with E-state index in [2.05, 4.69) is 5.32 Å². The van der Waals surface area contributed by atoms with Gasteiger partial charge in [0.15, 0.2) is 6.61 Å². The standard InChI is InChI=1S/C23H19ClN2O4/c24-17-8-10-18(11-9-17)26-13-16(12-22(26)28)23(29)30-14-21(27)25-20-7-3-5-15-4-1-2-6-19(15)20/h1-11,16H,12-14H2,(H,25,27)/t16-/m1/s1.